The van der Waals surface area contributed by atoms with Crippen LogP contribution >= 0.6 is 11.6 Å². The van der Waals surface area contributed by atoms with Crippen molar-refractivity contribution in [3.63, 3.8) is 0 Å². The van der Waals surface area contributed by atoms with Gasteiger partial charge in [-0.15, -0.1) is 0 Å². The molecule has 4 heteroatoms. The van der Waals surface area contributed by atoms with Crippen LogP contribution < -0.4 is 5.32 Å². The Balaban J connectivity index is 2.62. The highest BCUT2D eigenvalue weighted by molar-refractivity contribution is 6.31. The van der Waals surface area contributed by atoms with E-state index in [1.54, 1.807) is 0 Å². The summed E-state index contributed by atoms with van der Waals surface area (Å²) >= 11 is 6.16. The quantitative estimate of drug-likeness (QED) is 0.894. The lowest BCUT2D eigenvalue weighted by Gasteiger charge is -2.11. The first kappa shape index (κ1) is 12.8. The summed E-state index contributed by atoms with van der Waals surface area (Å²) in [4.78, 5) is 9.10. The molecular weight excluding hydrogens is 246 g/mol. The van der Waals surface area contributed by atoms with E-state index in [4.69, 9.17) is 11.6 Å². The molecule has 0 fully saturated rings. The molecule has 1 N–H and O–H groups in total. The zero-order valence-corrected chi connectivity index (χ0v) is 11.8. The second kappa shape index (κ2) is 4.94. The van der Waals surface area contributed by atoms with Crippen molar-refractivity contribution in [3.8, 4) is 11.3 Å². The van der Waals surface area contributed by atoms with Gasteiger partial charge in [0.25, 0.3) is 0 Å². The van der Waals surface area contributed by atoms with E-state index in [9.17, 15) is 0 Å². The van der Waals surface area contributed by atoms with Gasteiger partial charge in [-0.2, -0.15) is 0 Å². The number of hydrogen-bond donors (Lipinski definition) is 1. The third-order valence-electron chi connectivity index (χ3n) is 2.99. The van der Waals surface area contributed by atoms with Crippen LogP contribution in [0.5, 0.6) is 0 Å². The molecule has 1 aromatic carbocycles. The SMILES string of the molecule is CNc1nc(C)c(C)nc1-c1ccc(C)c(Cl)c1. The lowest BCUT2D eigenvalue weighted by atomic mass is 10.1. The number of aryl methyl sites for hydroxylation is 3. The van der Waals surface area contributed by atoms with Gasteiger partial charge in [0.1, 0.15) is 5.69 Å². The number of nitrogens with zero attached hydrogens (tertiary/aromatic N) is 2. The minimum Gasteiger partial charge on any atom is -0.371 e. The second-order valence-corrected chi connectivity index (χ2v) is 4.71. The van der Waals surface area contributed by atoms with Crippen molar-refractivity contribution in [2.75, 3.05) is 12.4 Å². The molecule has 1 aromatic heterocycles. The van der Waals surface area contributed by atoms with E-state index in [1.807, 2.05) is 46.0 Å². The first-order valence-electron chi connectivity index (χ1n) is 5.82. The maximum absolute atomic E-state index is 6.16. The number of nitrogens with one attached hydrogen (secondary N) is 1. The molecular formula is C14H16ClN3. The van der Waals surface area contributed by atoms with Crippen LogP contribution in [0.1, 0.15) is 17.0 Å². The van der Waals surface area contributed by atoms with Gasteiger partial charge in [0.05, 0.1) is 11.4 Å². The van der Waals surface area contributed by atoms with Crippen LogP contribution in [0.3, 0.4) is 0 Å². The summed E-state index contributed by atoms with van der Waals surface area (Å²) in [6.45, 7) is 5.90. The van der Waals surface area contributed by atoms with E-state index < -0.39 is 0 Å². The van der Waals surface area contributed by atoms with Crippen LogP contribution in [-0.2, 0) is 0 Å². The van der Waals surface area contributed by atoms with E-state index in [1.165, 1.54) is 0 Å². The first-order valence-corrected chi connectivity index (χ1v) is 6.20. The maximum atomic E-state index is 6.16. The summed E-state index contributed by atoms with van der Waals surface area (Å²) < 4.78 is 0. The molecule has 0 saturated carbocycles. The Kier molecular flexibility index (Phi) is 3.53. The molecule has 2 rings (SSSR count). The van der Waals surface area contributed by atoms with Crippen LogP contribution in [0.2, 0.25) is 5.02 Å². The molecule has 18 heavy (non-hydrogen) atoms. The average Bonchev–Trinajstić information content (AvgIpc) is 2.35. The molecule has 0 atom stereocenters. The maximum Gasteiger partial charge on any atom is 0.152 e. The summed E-state index contributed by atoms with van der Waals surface area (Å²) in [7, 11) is 1.85. The Bertz CT molecular complexity index is 594. The molecule has 94 valence electrons. The molecule has 0 aliphatic rings. The zero-order chi connectivity index (χ0) is 13.3. The topological polar surface area (TPSA) is 37.8 Å². The van der Waals surface area contributed by atoms with Crippen LogP contribution in [0, 0.1) is 20.8 Å². The summed E-state index contributed by atoms with van der Waals surface area (Å²) in [6.07, 6.45) is 0. The molecule has 0 aliphatic carbocycles. The molecule has 0 saturated heterocycles. The highest BCUT2D eigenvalue weighted by Gasteiger charge is 2.11. The number of aromatic nitrogens is 2. The van der Waals surface area contributed by atoms with Gasteiger partial charge in [0, 0.05) is 17.6 Å². The summed E-state index contributed by atoms with van der Waals surface area (Å²) in [5.41, 5.74) is 4.73. The van der Waals surface area contributed by atoms with E-state index >= 15 is 0 Å². The van der Waals surface area contributed by atoms with Crippen molar-refractivity contribution in [2.24, 2.45) is 0 Å². The lowest BCUT2D eigenvalue weighted by Crippen LogP contribution is -2.02. The van der Waals surface area contributed by atoms with Crippen LogP contribution in [-0.4, -0.2) is 17.0 Å². The standard InChI is InChI=1S/C14H16ClN3/c1-8-5-6-11(7-12(8)15)13-14(16-4)18-10(3)9(2)17-13/h5-7H,1-4H3,(H,16,18). The number of anilines is 1. The van der Waals surface area contributed by atoms with Crippen LogP contribution in [0.25, 0.3) is 11.3 Å². The van der Waals surface area contributed by atoms with Gasteiger partial charge in [-0.3, -0.25) is 0 Å². The fourth-order valence-corrected chi connectivity index (χ4v) is 1.90. The monoisotopic (exact) mass is 261 g/mol. The number of rotatable bonds is 2. The van der Waals surface area contributed by atoms with E-state index in [-0.39, 0.29) is 0 Å². The minimum absolute atomic E-state index is 0.745. The Morgan fingerprint density at radius 2 is 1.72 bits per heavy atom. The molecule has 0 aliphatic heterocycles. The van der Waals surface area contributed by atoms with E-state index in [2.05, 4.69) is 15.3 Å². The summed E-state index contributed by atoms with van der Waals surface area (Å²) in [6, 6.07) is 5.94. The van der Waals surface area contributed by atoms with Gasteiger partial charge < -0.3 is 5.32 Å². The second-order valence-electron chi connectivity index (χ2n) is 4.31. The highest BCUT2D eigenvalue weighted by Crippen LogP contribution is 2.28. The molecule has 0 radical (unpaired) electrons. The summed E-state index contributed by atoms with van der Waals surface area (Å²) in [5, 5.41) is 3.82. The number of hydrogen-bond acceptors (Lipinski definition) is 3. The molecule has 0 amide bonds. The van der Waals surface area contributed by atoms with Gasteiger partial charge in [0.2, 0.25) is 0 Å². The van der Waals surface area contributed by atoms with E-state index in [0.29, 0.717) is 0 Å². The number of halogens is 1. The Hall–Kier alpha value is -1.61. The van der Waals surface area contributed by atoms with Crippen LogP contribution in [0.4, 0.5) is 5.82 Å². The van der Waals surface area contributed by atoms with Gasteiger partial charge >= 0.3 is 0 Å². The zero-order valence-electron chi connectivity index (χ0n) is 11.0. The Labute approximate surface area is 112 Å². The van der Waals surface area contributed by atoms with Crippen molar-refractivity contribution >= 4 is 17.4 Å². The fraction of sp³-hybridized carbons (Fsp3) is 0.286. The predicted octanol–water partition coefficient (Wildman–Crippen LogP) is 3.76. The average molecular weight is 262 g/mol. The highest BCUT2D eigenvalue weighted by atomic mass is 35.5. The first-order chi connectivity index (χ1) is 8.52. The van der Waals surface area contributed by atoms with Gasteiger partial charge in [-0.05, 0) is 32.4 Å². The summed E-state index contributed by atoms with van der Waals surface area (Å²) in [5.74, 6) is 0.776. The Morgan fingerprint density at radius 3 is 2.33 bits per heavy atom. The normalized spacial score (nSPS) is 10.5. The largest absolute Gasteiger partial charge is 0.371 e. The molecule has 1 heterocycles. The lowest BCUT2D eigenvalue weighted by molar-refractivity contribution is 1.05. The van der Waals surface area contributed by atoms with Crippen molar-refractivity contribution in [2.45, 2.75) is 20.8 Å². The molecule has 2 aromatic rings. The molecule has 0 spiro atoms. The molecule has 0 bridgehead atoms. The fourth-order valence-electron chi connectivity index (χ4n) is 1.72. The number of benzene rings is 1. The predicted molar refractivity (Wildman–Crippen MR) is 76.2 cm³/mol. The third-order valence-corrected chi connectivity index (χ3v) is 3.40. The molecule has 3 nitrogen and oxygen atoms in total. The molecule has 0 unspecified atom stereocenters. The van der Waals surface area contributed by atoms with Crippen molar-refractivity contribution < 1.29 is 0 Å². The smallest absolute Gasteiger partial charge is 0.152 e. The van der Waals surface area contributed by atoms with E-state index in [0.717, 1.165) is 39.0 Å². The third kappa shape index (κ3) is 2.31. The van der Waals surface area contributed by atoms with Gasteiger partial charge in [-0.25, -0.2) is 9.97 Å². The van der Waals surface area contributed by atoms with Crippen molar-refractivity contribution in [1.82, 2.24) is 9.97 Å². The van der Waals surface area contributed by atoms with Gasteiger partial charge in [0.15, 0.2) is 5.82 Å². The van der Waals surface area contributed by atoms with Crippen molar-refractivity contribution in [3.05, 3.63) is 40.2 Å². The van der Waals surface area contributed by atoms with Gasteiger partial charge in [-0.1, -0.05) is 23.7 Å². The Morgan fingerprint density at radius 1 is 1.06 bits per heavy atom. The van der Waals surface area contributed by atoms with Crippen LogP contribution in [0.15, 0.2) is 18.2 Å². The van der Waals surface area contributed by atoms with Crippen molar-refractivity contribution in [1.29, 1.82) is 0 Å². The minimum atomic E-state index is 0.745.